The highest BCUT2D eigenvalue weighted by molar-refractivity contribution is 6.18. The molecule has 0 aromatic heterocycles. The van der Waals surface area contributed by atoms with Crippen molar-refractivity contribution in [2.75, 3.05) is 27.6 Å². The van der Waals surface area contributed by atoms with Crippen LogP contribution >= 0.6 is 11.6 Å². The topological polar surface area (TPSA) is 56.8 Å². The number of ether oxygens (including phenoxy) is 3. The summed E-state index contributed by atoms with van der Waals surface area (Å²) in [7, 11) is 3.16. The zero-order valence-electron chi connectivity index (χ0n) is 21.6. The molecular formula is C29H38ClNO4. The number of rotatable bonds is 14. The van der Waals surface area contributed by atoms with Gasteiger partial charge in [-0.1, -0.05) is 53.6 Å². The van der Waals surface area contributed by atoms with Crippen molar-refractivity contribution in [3.63, 3.8) is 0 Å². The highest BCUT2D eigenvalue weighted by Crippen LogP contribution is 2.37. The SMILES string of the molecule is COCOc1c(C/C=C(\C)CCC=C(C)C)c(OC)cc(C(=O)NCCc2ccccc2)c1CCl. The molecular weight excluding hydrogens is 462 g/mol. The average molecular weight is 500 g/mol. The second kappa shape index (κ2) is 15.3. The van der Waals surface area contributed by atoms with Crippen LogP contribution in [0.3, 0.4) is 0 Å². The van der Waals surface area contributed by atoms with E-state index in [0.717, 1.165) is 30.4 Å². The molecule has 2 rings (SSSR count). The van der Waals surface area contributed by atoms with Gasteiger partial charge in [0, 0.05) is 24.8 Å². The van der Waals surface area contributed by atoms with E-state index in [1.807, 2.05) is 30.3 Å². The lowest BCUT2D eigenvalue weighted by atomic mass is 9.97. The molecule has 0 unspecified atom stereocenters. The van der Waals surface area contributed by atoms with Gasteiger partial charge in [0.15, 0.2) is 6.79 Å². The van der Waals surface area contributed by atoms with Crippen LogP contribution in [-0.4, -0.2) is 33.5 Å². The maximum atomic E-state index is 13.1. The Morgan fingerprint density at radius 1 is 1.06 bits per heavy atom. The summed E-state index contributed by atoms with van der Waals surface area (Å²) >= 11 is 6.36. The molecule has 6 heteroatoms. The summed E-state index contributed by atoms with van der Waals surface area (Å²) in [5, 5.41) is 3.00. The number of hydrogen-bond acceptors (Lipinski definition) is 4. The minimum atomic E-state index is -0.211. The molecule has 1 N–H and O–H groups in total. The van der Waals surface area contributed by atoms with E-state index in [2.05, 4.69) is 38.2 Å². The van der Waals surface area contributed by atoms with Gasteiger partial charge in [-0.3, -0.25) is 4.79 Å². The Balaban J connectivity index is 2.31. The lowest BCUT2D eigenvalue weighted by Gasteiger charge is -2.20. The molecule has 0 spiro atoms. The van der Waals surface area contributed by atoms with Gasteiger partial charge in [-0.05, 0) is 58.1 Å². The summed E-state index contributed by atoms with van der Waals surface area (Å²) in [6.45, 7) is 6.89. The zero-order valence-corrected chi connectivity index (χ0v) is 22.3. The second-order valence-electron chi connectivity index (χ2n) is 8.66. The van der Waals surface area contributed by atoms with Gasteiger partial charge < -0.3 is 19.5 Å². The minimum absolute atomic E-state index is 0.0440. The Labute approximate surface area is 215 Å². The Kier molecular flexibility index (Phi) is 12.4. The third kappa shape index (κ3) is 9.08. The Bertz CT molecular complexity index is 1010. The standard InChI is InChI=1S/C29H38ClNO4/c1-21(2)10-9-11-22(3)14-15-24-27(34-5)18-25(26(19-30)28(24)35-20-33-4)29(32)31-17-16-23-12-7-6-8-13-23/h6-8,10,12-14,18H,9,11,15-17,19-20H2,1-5H3,(H,31,32)/b22-14+. The van der Waals surface area contributed by atoms with E-state index in [9.17, 15) is 4.79 Å². The second-order valence-corrected chi connectivity index (χ2v) is 8.93. The first-order valence-electron chi connectivity index (χ1n) is 11.9. The minimum Gasteiger partial charge on any atom is -0.496 e. The van der Waals surface area contributed by atoms with Gasteiger partial charge >= 0.3 is 0 Å². The van der Waals surface area contributed by atoms with Crippen molar-refractivity contribution < 1.29 is 19.0 Å². The number of amides is 1. The molecule has 5 nitrogen and oxygen atoms in total. The zero-order chi connectivity index (χ0) is 25.6. The van der Waals surface area contributed by atoms with Crippen molar-refractivity contribution >= 4 is 17.5 Å². The van der Waals surface area contributed by atoms with E-state index in [1.165, 1.54) is 11.1 Å². The Hall–Kier alpha value is -2.76. The highest BCUT2D eigenvalue weighted by Gasteiger charge is 2.23. The molecule has 190 valence electrons. The van der Waals surface area contributed by atoms with Crippen molar-refractivity contribution in [2.45, 2.75) is 52.3 Å². The predicted octanol–water partition coefficient (Wildman–Crippen LogP) is 6.62. The van der Waals surface area contributed by atoms with Crippen LogP contribution in [0.5, 0.6) is 11.5 Å². The summed E-state index contributed by atoms with van der Waals surface area (Å²) in [5.41, 5.74) is 5.68. The van der Waals surface area contributed by atoms with Crippen LogP contribution in [0, 0.1) is 0 Å². The van der Waals surface area contributed by atoms with Crippen LogP contribution in [0.1, 0.15) is 60.7 Å². The summed E-state index contributed by atoms with van der Waals surface area (Å²) < 4.78 is 16.8. The number of carbonyl (C=O) groups excluding carboxylic acids is 1. The van der Waals surface area contributed by atoms with E-state index in [4.69, 9.17) is 25.8 Å². The fourth-order valence-electron chi connectivity index (χ4n) is 3.75. The first-order chi connectivity index (χ1) is 16.9. The summed E-state index contributed by atoms with van der Waals surface area (Å²) in [6, 6.07) is 11.8. The van der Waals surface area contributed by atoms with E-state index < -0.39 is 0 Å². The number of methoxy groups -OCH3 is 2. The van der Waals surface area contributed by atoms with Crippen molar-refractivity contribution in [3.05, 3.63) is 82.0 Å². The lowest BCUT2D eigenvalue weighted by Crippen LogP contribution is -2.27. The van der Waals surface area contributed by atoms with Gasteiger partial charge in [0.05, 0.1) is 18.6 Å². The van der Waals surface area contributed by atoms with Gasteiger partial charge in [-0.15, -0.1) is 11.6 Å². The van der Waals surface area contributed by atoms with Crippen LogP contribution in [0.15, 0.2) is 59.7 Å². The molecule has 0 bridgehead atoms. The van der Waals surface area contributed by atoms with Crippen LogP contribution in [0.2, 0.25) is 0 Å². The van der Waals surface area contributed by atoms with Gasteiger partial charge in [-0.2, -0.15) is 0 Å². The molecule has 0 aliphatic carbocycles. The van der Waals surface area contributed by atoms with Crippen LogP contribution in [0.4, 0.5) is 0 Å². The van der Waals surface area contributed by atoms with E-state index in [-0.39, 0.29) is 18.6 Å². The third-order valence-corrected chi connectivity index (χ3v) is 5.92. The number of carbonyl (C=O) groups is 1. The number of halogens is 1. The summed E-state index contributed by atoms with van der Waals surface area (Å²) in [4.78, 5) is 13.1. The molecule has 0 aliphatic heterocycles. The predicted molar refractivity (Wildman–Crippen MR) is 144 cm³/mol. The quantitative estimate of drug-likeness (QED) is 0.180. The normalized spacial score (nSPS) is 11.2. The van der Waals surface area contributed by atoms with E-state index >= 15 is 0 Å². The van der Waals surface area contributed by atoms with Crippen molar-refractivity contribution in [1.29, 1.82) is 0 Å². The first kappa shape index (κ1) is 28.5. The number of benzene rings is 2. The molecule has 2 aromatic carbocycles. The summed E-state index contributed by atoms with van der Waals surface area (Å²) in [5.74, 6) is 1.05. The molecule has 1 amide bonds. The Morgan fingerprint density at radius 2 is 1.80 bits per heavy atom. The van der Waals surface area contributed by atoms with Crippen LogP contribution < -0.4 is 14.8 Å². The molecule has 0 heterocycles. The van der Waals surface area contributed by atoms with Crippen LogP contribution in [-0.2, 0) is 23.5 Å². The monoisotopic (exact) mass is 499 g/mol. The third-order valence-electron chi connectivity index (χ3n) is 5.65. The highest BCUT2D eigenvalue weighted by atomic mass is 35.5. The maximum Gasteiger partial charge on any atom is 0.251 e. The number of alkyl halides is 1. The molecule has 0 atom stereocenters. The molecule has 35 heavy (non-hydrogen) atoms. The molecule has 0 saturated carbocycles. The molecule has 0 aliphatic rings. The first-order valence-corrected chi connectivity index (χ1v) is 12.5. The van der Waals surface area contributed by atoms with Crippen molar-refractivity contribution in [1.82, 2.24) is 5.32 Å². The molecule has 0 saturated heterocycles. The molecule has 0 radical (unpaired) electrons. The average Bonchev–Trinajstić information content (AvgIpc) is 2.85. The lowest BCUT2D eigenvalue weighted by molar-refractivity contribution is 0.0496. The molecule has 0 fully saturated rings. The van der Waals surface area contributed by atoms with E-state index in [0.29, 0.717) is 35.6 Å². The number of nitrogens with one attached hydrogen (secondary N) is 1. The smallest absolute Gasteiger partial charge is 0.251 e. The largest absolute Gasteiger partial charge is 0.496 e. The van der Waals surface area contributed by atoms with Crippen molar-refractivity contribution in [3.8, 4) is 11.5 Å². The van der Waals surface area contributed by atoms with Gasteiger partial charge in [-0.25, -0.2) is 0 Å². The molecule has 2 aromatic rings. The van der Waals surface area contributed by atoms with E-state index in [1.54, 1.807) is 20.3 Å². The fraction of sp³-hybridized carbons (Fsp3) is 0.414. The van der Waals surface area contributed by atoms with Gasteiger partial charge in [0.25, 0.3) is 5.91 Å². The Morgan fingerprint density at radius 3 is 2.43 bits per heavy atom. The van der Waals surface area contributed by atoms with Gasteiger partial charge in [0.1, 0.15) is 11.5 Å². The maximum absolute atomic E-state index is 13.1. The number of hydrogen-bond donors (Lipinski definition) is 1. The fourth-order valence-corrected chi connectivity index (χ4v) is 4.02. The summed E-state index contributed by atoms with van der Waals surface area (Å²) in [6.07, 6.45) is 7.73. The van der Waals surface area contributed by atoms with Crippen molar-refractivity contribution in [2.24, 2.45) is 0 Å². The number of allylic oxidation sites excluding steroid dienone is 4. The van der Waals surface area contributed by atoms with Crippen LogP contribution in [0.25, 0.3) is 0 Å². The van der Waals surface area contributed by atoms with Gasteiger partial charge in [0.2, 0.25) is 0 Å².